The first kappa shape index (κ1) is 88.1. The Morgan fingerprint density at radius 2 is 0.738 bits per heavy atom. The van der Waals surface area contributed by atoms with E-state index in [9.17, 15) is 70.7 Å². The molecule has 0 aliphatic carbocycles. The van der Waals surface area contributed by atoms with Gasteiger partial charge in [0.1, 0.15) is 0 Å². The Morgan fingerprint density at radius 1 is 0.421 bits per heavy atom. The van der Waals surface area contributed by atoms with E-state index in [-0.39, 0.29) is 59.8 Å². The van der Waals surface area contributed by atoms with E-state index in [1.165, 1.54) is 109 Å². The van der Waals surface area contributed by atoms with Gasteiger partial charge in [-0.3, -0.25) is 24.4 Å². The third kappa shape index (κ3) is 28.3. The van der Waals surface area contributed by atoms with Gasteiger partial charge in [-0.05, 0) is 138 Å². The molecule has 0 aliphatic rings. The molecule has 0 aliphatic heterocycles. The van der Waals surface area contributed by atoms with Crippen molar-refractivity contribution in [2.45, 2.75) is 95.8 Å². The molecule has 0 fully saturated rings. The number of rotatable bonds is 39. The minimum Gasteiger partial charge on any atom is -0.395 e. The van der Waals surface area contributed by atoms with Gasteiger partial charge in [-0.25, -0.2) is 46.8 Å². The van der Waals surface area contributed by atoms with Crippen LogP contribution in [0.15, 0.2) is 223 Å². The number of aliphatic hydroxyl groups is 1. The molecule has 7 N–H and O–H groups in total. The summed E-state index contributed by atoms with van der Waals surface area (Å²) in [7, 11) is -20.9. The summed E-state index contributed by atoms with van der Waals surface area (Å²) in [4.78, 5) is 20.4. The molecule has 0 amide bonds. The van der Waals surface area contributed by atoms with E-state index in [0.717, 1.165) is 78.0 Å². The molecule has 0 heterocycles. The van der Waals surface area contributed by atoms with Gasteiger partial charge in [-0.1, -0.05) is 130 Å². The predicted octanol–water partition coefficient (Wildman–Crippen LogP) is 7.65. The van der Waals surface area contributed by atoms with Crippen molar-refractivity contribution in [1.29, 1.82) is 0 Å². The van der Waals surface area contributed by atoms with Crippen LogP contribution in [-0.2, 0) is 76.3 Å². The number of hydrogen-bond acceptors (Lipinski definition) is 22. The fraction of sp³-hybridized carbons (Fsp3) is 0.333. The maximum atomic E-state index is 14.8. The molecular weight excluding hydrogens is 1520 g/mol. The Bertz CT molecular complexity index is 4890. The van der Waals surface area contributed by atoms with Crippen LogP contribution in [0.5, 0.6) is 0 Å². The fourth-order valence-electron chi connectivity index (χ4n) is 10.3. The summed E-state index contributed by atoms with van der Waals surface area (Å²) in [6.07, 6.45) is 0.505. The molecule has 0 radical (unpaired) electrons. The highest BCUT2D eigenvalue weighted by Crippen LogP contribution is 2.25. The lowest BCUT2D eigenvalue weighted by atomic mass is 10.1. The lowest BCUT2D eigenvalue weighted by Crippen LogP contribution is -2.50. The highest BCUT2D eigenvalue weighted by atomic mass is 35.7. The van der Waals surface area contributed by atoms with Gasteiger partial charge >= 0.3 is 0 Å². The maximum Gasteiger partial charge on any atom is 0.297 e. The topological polar surface area (TPSA) is 404 Å². The van der Waals surface area contributed by atoms with E-state index < -0.39 is 121 Å². The smallest absolute Gasteiger partial charge is 0.297 e. The molecule has 28 nitrogen and oxygen atoms in total. The summed E-state index contributed by atoms with van der Waals surface area (Å²) in [5.41, 5.74) is 12.1. The SMILES string of the molecule is Cc1ccc(S(=O)(=O)Cl)cc1.Cc1ccc(S(=O)(=O)NC(Cc2ccc([N+](=O)[O-])cc2)CN(CCN(CCN(CCOS(=O)(=O)c2ccc(C)cc2)S(=O)(=O)c2ccc(C)cc2)S(=O)(=O)c2ccc(C)cc2)S(=O)(=O)c2ccc(C)cc2)cc1.NC(CNCCNCCNCCO)Cc1ccc([N+](=O)[O-])cc1. The molecule has 0 saturated carbocycles. The summed E-state index contributed by atoms with van der Waals surface area (Å²) < 4.78 is 174. The maximum absolute atomic E-state index is 14.8. The second-order valence-electron chi connectivity index (χ2n) is 25.0. The van der Waals surface area contributed by atoms with Crippen LogP contribution in [-0.4, -0.2) is 182 Å². The molecule has 2 atom stereocenters. The highest BCUT2D eigenvalue weighted by Gasteiger charge is 2.35. The molecule has 107 heavy (non-hydrogen) atoms. The van der Waals surface area contributed by atoms with Crippen LogP contribution in [0.1, 0.15) is 44.5 Å². The number of nitro groups is 2. The van der Waals surface area contributed by atoms with Gasteiger partial charge in [-0.15, -0.1) is 0 Å². The summed E-state index contributed by atoms with van der Waals surface area (Å²) in [5, 5.41) is 40.3. The van der Waals surface area contributed by atoms with Gasteiger partial charge in [-0.2, -0.15) is 21.3 Å². The van der Waals surface area contributed by atoms with Gasteiger partial charge in [0.2, 0.25) is 40.1 Å². The predicted molar refractivity (Wildman–Crippen MR) is 411 cm³/mol. The first-order chi connectivity index (χ1) is 50.4. The van der Waals surface area contributed by atoms with Gasteiger partial charge in [0.05, 0.1) is 52.4 Å². The van der Waals surface area contributed by atoms with E-state index in [1.807, 2.05) is 6.92 Å². The quantitative estimate of drug-likeness (QED) is 0.00707. The Morgan fingerprint density at radius 3 is 1.11 bits per heavy atom. The zero-order valence-corrected chi connectivity index (χ0v) is 65.6. The van der Waals surface area contributed by atoms with Crippen LogP contribution in [0, 0.1) is 61.8 Å². The first-order valence-corrected chi connectivity index (χ1v) is 43.2. The molecular formula is C72H91ClN10O18S6. The molecule has 0 spiro atoms. The largest absolute Gasteiger partial charge is 0.395 e. The van der Waals surface area contributed by atoms with Crippen LogP contribution in [0.4, 0.5) is 11.4 Å². The Labute approximate surface area is 632 Å². The minimum absolute atomic E-state index is 0.0253. The third-order valence-corrected chi connectivity index (χ3v) is 26.3. The minimum atomic E-state index is -4.60. The number of nitro benzene ring substituents is 2. The average molecular weight is 1610 g/mol. The van der Waals surface area contributed by atoms with Crippen LogP contribution in [0.2, 0.25) is 0 Å². The van der Waals surface area contributed by atoms with Crippen molar-refractivity contribution in [3.05, 3.63) is 259 Å². The molecule has 35 heteroatoms. The number of benzene rings is 8. The molecule has 8 rings (SSSR count). The lowest BCUT2D eigenvalue weighted by molar-refractivity contribution is -0.385. The number of halogens is 1. The summed E-state index contributed by atoms with van der Waals surface area (Å²) in [5.74, 6) is 0. The monoisotopic (exact) mass is 1610 g/mol. The molecule has 0 aromatic heterocycles. The zero-order valence-electron chi connectivity index (χ0n) is 60.0. The first-order valence-electron chi connectivity index (χ1n) is 33.6. The van der Waals surface area contributed by atoms with Gasteiger partial charge < -0.3 is 26.8 Å². The molecule has 2 unspecified atom stereocenters. The van der Waals surface area contributed by atoms with Crippen molar-refractivity contribution in [3.8, 4) is 0 Å². The number of non-ortho nitro benzene ring substituents is 2. The van der Waals surface area contributed by atoms with Crippen LogP contribution in [0.25, 0.3) is 0 Å². The Balaban J connectivity index is 0.000000429. The zero-order chi connectivity index (χ0) is 78.8. The van der Waals surface area contributed by atoms with Crippen molar-refractivity contribution >= 4 is 81.3 Å². The van der Waals surface area contributed by atoms with Crippen LogP contribution < -0.4 is 26.4 Å². The third-order valence-electron chi connectivity index (χ3n) is 16.4. The molecule has 0 saturated heterocycles. The molecule has 0 bridgehead atoms. The second-order valence-corrected chi connectivity index (χ2v) is 36.7. The van der Waals surface area contributed by atoms with Crippen molar-refractivity contribution < 1.29 is 69.6 Å². The van der Waals surface area contributed by atoms with E-state index in [0.29, 0.717) is 25.1 Å². The molecule has 8 aromatic carbocycles. The van der Waals surface area contributed by atoms with Crippen molar-refractivity contribution in [2.24, 2.45) is 5.73 Å². The van der Waals surface area contributed by atoms with Gasteiger partial charge in [0, 0.05) is 126 Å². The number of nitrogens with one attached hydrogen (secondary N) is 4. The molecule has 8 aromatic rings. The number of sulfonamides is 4. The second kappa shape index (κ2) is 41.1. The normalized spacial score (nSPS) is 12.8. The highest BCUT2D eigenvalue weighted by molar-refractivity contribution is 8.13. The number of aliphatic hydroxyl groups excluding tert-OH is 1. The summed E-state index contributed by atoms with van der Waals surface area (Å²) >= 11 is 0. The van der Waals surface area contributed by atoms with Crippen molar-refractivity contribution in [2.75, 3.05) is 91.8 Å². The van der Waals surface area contributed by atoms with Gasteiger partial charge in [0.15, 0.2) is 0 Å². The fourth-order valence-corrected chi connectivity index (χ4v) is 17.5. The van der Waals surface area contributed by atoms with Crippen molar-refractivity contribution in [1.82, 2.24) is 33.6 Å². The number of aryl methyl sites for hydroxylation is 6. The van der Waals surface area contributed by atoms with Gasteiger partial charge in [0.25, 0.3) is 30.5 Å². The van der Waals surface area contributed by atoms with Crippen molar-refractivity contribution in [3.63, 3.8) is 0 Å². The van der Waals surface area contributed by atoms with Crippen LogP contribution >= 0.6 is 10.7 Å². The Hall–Kier alpha value is -7.85. The van der Waals surface area contributed by atoms with E-state index in [4.69, 9.17) is 25.7 Å². The average Bonchev–Trinajstić information content (AvgIpc) is 0.794. The number of nitrogens with zero attached hydrogens (tertiary/aromatic N) is 5. The Kier molecular flexibility index (Phi) is 33.8. The summed E-state index contributed by atoms with van der Waals surface area (Å²) in [6, 6.07) is 46.2. The van der Waals surface area contributed by atoms with E-state index >= 15 is 0 Å². The van der Waals surface area contributed by atoms with E-state index in [2.05, 4.69) is 20.7 Å². The number of hydrogen-bond donors (Lipinski definition) is 6. The van der Waals surface area contributed by atoms with E-state index in [1.54, 1.807) is 120 Å². The van der Waals surface area contributed by atoms with Crippen LogP contribution in [0.3, 0.4) is 0 Å². The summed E-state index contributed by atoms with van der Waals surface area (Å²) in [6.45, 7) is 11.4. The molecule has 580 valence electrons. The number of nitrogens with two attached hydrogens (primary N) is 1. The standard InChI is InChI=1S/C50H57N5O13S5.C15H27N5O3.C7H7ClO2S/c1-38-6-20-46(21-7-38)69(58,59)51-44(36-43-16-18-45(19-17-43)55(56)57)37-54(72(64,65)49-26-12-41(4)13-27-49)33-32-52(70(60,61)47-22-8-39(2)9-23-47)30-31-53(71(62,63)48-24-10-40(3)11-25-48)34-35-68-73(66,67)50-28-14-42(5)15-29-50;16-14(11-13-1-3-15(4-2-13)20(22)23)12-19-8-7-17-5-6-18-9-10-21;1-6-2-4-7(5-3-6)11(8,9)10/h6-29,44,51H,30-37H2,1-5H3;1-4,14,17-19,21H,5-12,16H2;2-5H,1H3. The lowest BCUT2D eigenvalue weighted by Gasteiger charge is -2.31.